The highest BCUT2D eigenvalue weighted by Gasteiger charge is 2.34. The molecule has 0 unspecified atom stereocenters. The highest BCUT2D eigenvalue weighted by molar-refractivity contribution is 5.85. The average Bonchev–Trinajstić information content (AvgIpc) is 3.19. The smallest absolute Gasteiger partial charge is 0.407 e. The number of carbonyl (C=O) groups is 3. The molecule has 8 heteroatoms. The summed E-state index contributed by atoms with van der Waals surface area (Å²) in [7, 11) is 1.39. The Labute approximate surface area is 205 Å². The molecule has 0 bridgehead atoms. The number of benzene rings is 2. The van der Waals surface area contributed by atoms with Crippen LogP contribution in [0.15, 0.2) is 48.5 Å². The quantitative estimate of drug-likeness (QED) is 0.506. The predicted molar refractivity (Wildman–Crippen MR) is 130 cm³/mol. The Morgan fingerprint density at radius 2 is 1.63 bits per heavy atom. The standard InChI is InChI=1S/C27H32N2O6/c1-34-16-24(26(31)32)29-25(30)18-9-3-2-8-17(18)14-28-27(33)35-15-23-21-12-6-4-10-19(21)20-11-5-7-13-22(20)23/h4-7,10-13,17-18,23-24H,2-3,8-9,14-16H2,1H3,(H,28,33)(H,29,30)(H,31,32)/t17-,18-,24-/m0/s1. The van der Waals surface area contributed by atoms with Crippen molar-refractivity contribution in [2.24, 2.45) is 11.8 Å². The first-order chi connectivity index (χ1) is 17.0. The van der Waals surface area contributed by atoms with Crippen LogP contribution >= 0.6 is 0 Å². The van der Waals surface area contributed by atoms with Crippen LogP contribution in [0, 0.1) is 11.8 Å². The first-order valence-corrected chi connectivity index (χ1v) is 12.1. The van der Waals surface area contributed by atoms with Gasteiger partial charge in [0, 0.05) is 25.5 Å². The molecule has 35 heavy (non-hydrogen) atoms. The molecule has 2 aromatic rings. The molecule has 2 amide bonds. The third kappa shape index (κ3) is 5.65. The summed E-state index contributed by atoms with van der Waals surface area (Å²) in [4.78, 5) is 36.7. The van der Waals surface area contributed by atoms with Crippen LogP contribution in [0.25, 0.3) is 11.1 Å². The topological polar surface area (TPSA) is 114 Å². The zero-order valence-electron chi connectivity index (χ0n) is 19.9. The minimum atomic E-state index is -1.13. The number of nitrogens with one attached hydrogen (secondary N) is 2. The van der Waals surface area contributed by atoms with Gasteiger partial charge in [0.15, 0.2) is 6.04 Å². The second kappa shape index (κ2) is 11.4. The molecule has 0 heterocycles. The van der Waals surface area contributed by atoms with E-state index < -0.39 is 18.1 Å². The largest absolute Gasteiger partial charge is 0.480 e. The lowest BCUT2D eigenvalue weighted by atomic mass is 9.78. The van der Waals surface area contributed by atoms with E-state index in [0.717, 1.165) is 30.4 Å². The van der Waals surface area contributed by atoms with Crippen molar-refractivity contribution >= 4 is 18.0 Å². The van der Waals surface area contributed by atoms with E-state index in [1.54, 1.807) is 0 Å². The maximum atomic E-state index is 12.8. The summed E-state index contributed by atoms with van der Waals surface area (Å²) in [5.41, 5.74) is 4.63. The molecule has 0 spiro atoms. The highest BCUT2D eigenvalue weighted by Crippen LogP contribution is 2.44. The van der Waals surface area contributed by atoms with Crippen LogP contribution in [0.2, 0.25) is 0 Å². The molecule has 3 atom stereocenters. The van der Waals surface area contributed by atoms with Crippen LogP contribution in [0.4, 0.5) is 4.79 Å². The molecule has 0 aromatic heterocycles. The lowest BCUT2D eigenvalue weighted by Crippen LogP contribution is -2.49. The Bertz CT molecular complexity index is 1030. The molecule has 0 saturated heterocycles. The number of carbonyl (C=O) groups excluding carboxylic acids is 2. The molecule has 2 aliphatic carbocycles. The van der Waals surface area contributed by atoms with Gasteiger partial charge in [-0.1, -0.05) is 61.4 Å². The van der Waals surface area contributed by atoms with Gasteiger partial charge < -0.3 is 25.2 Å². The summed E-state index contributed by atoms with van der Waals surface area (Å²) in [5, 5.41) is 14.7. The number of ether oxygens (including phenoxy) is 2. The number of methoxy groups -OCH3 is 1. The van der Waals surface area contributed by atoms with E-state index in [1.807, 2.05) is 24.3 Å². The van der Waals surface area contributed by atoms with Gasteiger partial charge in [-0.05, 0) is 41.0 Å². The van der Waals surface area contributed by atoms with Crippen LogP contribution in [0.3, 0.4) is 0 Å². The fraction of sp³-hybridized carbons (Fsp3) is 0.444. The Balaban J connectivity index is 1.32. The predicted octanol–water partition coefficient (Wildman–Crippen LogP) is 3.55. The summed E-state index contributed by atoms with van der Waals surface area (Å²) in [5.74, 6) is -1.91. The van der Waals surface area contributed by atoms with Crippen LogP contribution in [0.5, 0.6) is 0 Å². The van der Waals surface area contributed by atoms with Crippen molar-refractivity contribution in [3.63, 3.8) is 0 Å². The SMILES string of the molecule is COC[C@H](NC(=O)[C@H]1CCCC[C@H]1CNC(=O)OCC1c2ccccc2-c2ccccc21)C(=O)O. The highest BCUT2D eigenvalue weighted by atomic mass is 16.5. The average molecular weight is 481 g/mol. The molecule has 2 aliphatic rings. The summed E-state index contributed by atoms with van der Waals surface area (Å²) >= 11 is 0. The zero-order valence-corrected chi connectivity index (χ0v) is 19.9. The molecule has 4 rings (SSSR count). The summed E-state index contributed by atoms with van der Waals surface area (Å²) in [6.45, 7) is 0.430. The number of fused-ring (bicyclic) bond motifs is 3. The second-order valence-electron chi connectivity index (χ2n) is 9.21. The molecule has 0 aliphatic heterocycles. The van der Waals surface area contributed by atoms with Crippen LogP contribution in [-0.2, 0) is 19.1 Å². The number of amides is 2. The van der Waals surface area contributed by atoms with Crippen molar-refractivity contribution in [3.05, 3.63) is 59.7 Å². The van der Waals surface area contributed by atoms with E-state index in [1.165, 1.54) is 18.2 Å². The molecule has 0 radical (unpaired) electrons. The lowest BCUT2D eigenvalue weighted by Gasteiger charge is -2.31. The van der Waals surface area contributed by atoms with Gasteiger partial charge in [-0.2, -0.15) is 0 Å². The Morgan fingerprint density at radius 3 is 2.26 bits per heavy atom. The van der Waals surface area contributed by atoms with E-state index in [-0.39, 0.29) is 36.9 Å². The van der Waals surface area contributed by atoms with E-state index in [4.69, 9.17) is 9.47 Å². The van der Waals surface area contributed by atoms with Gasteiger partial charge in [-0.25, -0.2) is 9.59 Å². The van der Waals surface area contributed by atoms with Gasteiger partial charge in [0.25, 0.3) is 0 Å². The van der Waals surface area contributed by atoms with Crippen molar-refractivity contribution in [3.8, 4) is 11.1 Å². The van der Waals surface area contributed by atoms with Gasteiger partial charge in [-0.15, -0.1) is 0 Å². The maximum Gasteiger partial charge on any atom is 0.407 e. The molecular formula is C27H32N2O6. The lowest BCUT2D eigenvalue weighted by molar-refractivity contribution is -0.144. The minimum Gasteiger partial charge on any atom is -0.480 e. The zero-order chi connectivity index (χ0) is 24.8. The molecule has 186 valence electrons. The number of rotatable bonds is 9. The molecular weight excluding hydrogens is 448 g/mol. The van der Waals surface area contributed by atoms with Crippen LogP contribution in [-0.4, -0.2) is 56.0 Å². The fourth-order valence-electron chi connectivity index (χ4n) is 5.28. The monoisotopic (exact) mass is 480 g/mol. The van der Waals surface area contributed by atoms with Gasteiger partial charge in [0.05, 0.1) is 6.61 Å². The number of carboxylic acids is 1. The van der Waals surface area contributed by atoms with Crippen molar-refractivity contribution in [1.82, 2.24) is 10.6 Å². The number of carboxylic acid groups (broad SMARTS) is 1. The van der Waals surface area contributed by atoms with Gasteiger partial charge in [0.2, 0.25) is 5.91 Å². The number of alkyl carbamates (subject to hydrolysis) is 1. The summed E-state index contributed by atoms with van der Waals surface area (Å²) in [6, 6.07) is 15.2. The Kier molecular flexibility index (Phi) is 8.02. The molecule has 8 nitrogen and oxygen atoms in total. The molecule has 2 aromatic carbocycles. The van der Waals surface area contributed by atoms with Crippen LogP contribution < -0.4 is 10.6 Å². The first kappa shape index (κ1) is 24.7. The number of aliphatic carboxylic acids is 1. The Morgan fingerprint density at radius 1 is 1.00 bits per heavy atom. The number of hydrogen-bond acceptors (Lipinski definition) is 5. The van der Waals surface area contributed by atoms with E-state index >= 15 is 0 Å². The maximum absolute atomic E-state index is 12.8. The van der Waals surface area contributed by atoms with Crippen LogP contribution in [0.1, 0.15) is 42.7 Å². The van der Waals surface area contributed by atoms with Gasteiger partial charge >= 0.3 is 12.1 Å². The normalized spacial score (nSPS) is 19.8. The fourth-order valence-corrected chi connectivity index (χ4v) is 5.28. The van der Waals surface area contributed by atoms with Crippen molar-refractivity contribution in [2.75, 3.05) is 26.9 Å². The third-order valence-electron chi connectivity index (χ3n) is 7.05. The summed E-state index contributed by atoms with van der Waals surface area (Å²) in [6.07, 6.45) is 2.77. The van der Waals surface area contributed by atoms with Crippen molar-refractivity contribution in [1.29, 1.82) is 0 Å². The van der Waals surface area contributed by atoms with Gasteiger partial charge in [-0.3, -0.25) is 4.79 Å². The van der Waals surface area contributed by atoms with E-state index in [2.05, 4.69) is 34.9 Å². The molecule has 1 fully saturated rings. The third-order valence-corrected chi connectivity index (χ3v) is 7.05. The van der Waals surface area contributed by atoms with Crippen molar-refractivity contribution in [2.45, 2.75) is 37.6 Å². The second-order valence-corrected chi connectivity index (χ2v) is 9.21. The number of hydrogen-bond donors (Lipinski definition) is 3. The van der Waals surface area contributed by atoms with E-state index in [0.29, 0.717) is 13.0 Å². The molecule has 1 saturated carbocycles. The summed E-state index contributed by atoms with van der Waals surface area (Å²) < 4.78 is 10.5. The Hall–Kier alpha value is -3.39. The first-order valence-electron chi connectivity index (χ1n) is 12.1. The molecule has 3 N–H and O–H groups in total. The van der Waals surface area contributed by atoms with E-state index in [9.17, 15) is 19.5 Å². The minimum absolute atomic E-state index is 0.0184. The van der Waals surface area contributed by atoms with Crippen molar-refractivity contribution < 1.29 is 29.0 Å². The van der Waals surface area contributed by atoms with Gasteiger partial charge in [0.1, 0.15) is 6.61 Å².